The second-order valence-corrected chi connectivity index (χ2v) is 5.81. The van der Waals surface area contributed by atoms with Gasteiger partial charge < -0.3 is 5.32 Å². The van der Waals surface area contributed by atoms with Crippen molar-refractivity contribution in [2.24, 2.45) is 0 Å². The largest absolute Gasteiger partial charge is 0.382 e. The molecule has 19 heavy (non-hydrogen) atoms. The summed E-state index contributed by atoms with van der Waals surface area (Å²) in [4.78, 5) is 4.63. The summed E-state index contributed by atoms with van der Waals surface area (Å²) in [6.45, 7) is 4.22. The molecule has 0 saturated heterocycles. The smallest absolute Gasteiger partial charge is 0.0726 e. The van der Waals surface area contributed by atoms with Crippen molar-refractivity contribution >= 4 is 16.6 Å². The third-order valence-electron chi connectivity index (χ3n) is 4.06. The number of nitrogens with one attached hydrogen (secondary N) is 1. The Morgan fingerprint density at radius 2 is 1.84 bits per heavy atom. The monoisotopic (exact) mass is 254 g/mol. The van der Waals surface area contributed by atoms with Crippen molar-refractivity contribution in [2.45, 2.75) is 52.0 Å². The van der Waals surface area contributed by atoms with Crippen LogP contribution in [0.1, 0.15) is 43.4 Å². The Hall–Kier alpha value is -1.57. The van der Waals surface area contributed by atoms with E-state index in [1.807, 2.05) is 0 Å². The van der Waals surface area contributed by atoms with Gasteiger partial charge in [0.05, 0.1) is 5.52 Å². The van der Waals surface area contributed by atoms with E-state index in [-0.39, 0.29) is 0 Å². The van der Waals surface area contributed by atoms with Gasteiger partial charge in [-0.3, -0.25) is 4.98 Å². The molecule has 0 atom stereocenters. The summed E-state index contributed by atoms with van der Waals surface area (Å²) in [7, 11) is 0. The molecule has 1 N–H and O–H groups in total. The van der Waals surface area contributed by atoms with E-state index < -0.39 is 0 Å². The van der Waals surface area contributed by atoms with E-state index in [2.05, 4.69) is 48.4 Å². The number of hydrogen-bond donors (Lipinski definition) is 1. The molecule has 2 nitrogen and oxygen atoms in total. The van der Waals surface area contributed by atoms with Crippen molar-refractivity contribution in [3.8, 4) is 0 Å². The van der Waals surface area contributed by atoms with Crippen LogP contribution in [0.3, 0.4) is 0 Å². The summed E-state index contributed by atoms with van der Waals surface area (Å²) in [5.74, 6) is 0. The number of anilines is 1. The molecule has 0 unspecified atom stereocenters. The average Bonchev–Trinajstić information content (AvgIpc) is 2.41. The molecule has 1 aromatic heterocycles. The first-order valence-corrected chi connectivity index (χ1v) is 7.37. The minimum absolute atomic E-state index is 0.638. The second kappa shape index (κ2) is 5.20. The van der Waals surface area contributed by atoms with Crippen molar-refractivity contribution in [1.82, 2.24) is 4.98 Å². The number of benzene rings is 1. The second-order valence-electron chi connectivity index (χ2n) is 5.81. The molecule has 0 bridgehead atoms. The third-order valence-corrected chi connectivity index (χ3v) is 4.06. The average molecular weight is 254 g/mol. The van der Waals surface area contributed by atoms with E-state index in [9.17, 15) is 0 Å². The minimum Gasteiger partial charge on any atom is -0.382 e. The highest BCUT2D eigenvalue weighted by atomic mass is 14.9. The Labute approximate surface area is 115 Å². The summed E-state index contributed by atoms with van der Waals surface area (Å²) >= 11 is 0. The highest BCUT2D eigenvalue weighted by molar-refractivity contribution is 5.92. The van der Waals surface area contributed by atoms with Crippen LogP contribution in [-0.2, 0) is 0 Å². The molecule has 1 heterocycles. The van der Waals surface area contributed by atoms with Crippen LogP contribution in [0, 0.1) is 13.8 Å². The zero-order valence-electron chi connectivity index (χ0n) is 11.9. The van der Waals surface area contributed by atoms with Crippen molar-refractivity contribution < 1.29 is 0 Å². The molecular formula is C17H22N2. The number of nitrogens with zero attached hydrogens (tertiary/aromatic N) is 1. The van der Waals surface area contributed by atoms with Crippen molar-refractivity contribution in [2.75, 3.05) is 5.32 Å². The summed E-state index contributed by atoms with van der Waals surface area (Å²) in [6.07, 6.45) is 6.72. The Morgan fingerprint density at radius 3 is 2.63 bits per heavy atom. The molecule has 1 fully saturated rings. The van der Waals surface area contributed by atoms with Gasteiger partial charge in [-0.05, 0) is 44.9 Å². The van der Waals surface area contributed by atoms with Gasteiger partial charge in [0, 0.05) is 22.8 Å². The molecule has 0 amide bonds. The van der Waals surface area contributed by atoms with Gasteiger partial charge in [-0.25, -0.2) is 0 Å². The lowest BCUT2D eigenvalue weighted by Gasteiger charge is -2.24. The predicted octanol–water partition coefficient (Wildman–Crippen LogP) is 4.60. The normalized spacial score (nSPS) is 16.7. The Balaban J connectivity index is 1.98. The van der Waals surface area contributed by atoms with Gasteiger partial charge in [-0.15, -0.1) is 0 Å². The SMILES string of the molecule is Cc1ccc2nc(C)cc(NC3CCCCC3)c2c1. The maximum absolute atomic E-state index is 4.63. The number of aromatic nitrogens is 1. The maximum Gasteiger partial charge on any atom is 0.0726 e. The molecule has 2 heteroatoms. The quantitative estimate of drug-likeness (QED) is 0.847. The van der Waals surface area contributed by atoms with Crippen LogP contribution in [0.5, 0.6) is 0 Å². The van der Waals surface area contributed by atoms with E-state index in [4.69, 9.17) is 0 Å². The van der Waals surface area contributed by atoms with E-state index in [0.717, 1.165) is 11.2 Å². The van der Waals surface area contributed by atoms with E-state index >= 15 is 0 Å². The summed E-state index contributed by atoms with van der Waals surface area (Å²) in [5.41, 5.74) is 4.75. The Morgan fingerprint density at radius 1 is 1.05 bits per heavy atom. The van der Waals surface area contributed by atoms with Gasteiger partial charge in [0.15, 0.2) is 0 Å². The molecule has 0 radical (unpaired) electrons. The molecule has 3 rings (SSSR count). The van der Waals surface area contributed by atoms with Crippen molar-refractivity contribution in [3.05, 3.63) is 35.5 Å². The molecule has 0 aliphatic heterocycles. The highest BCUT2D eigenvalue weighted by Gasteiger charge is 2.14. The van der Waals surface area contributed by atoms with Crippen LogP contribution >= 0.6 is 0 Å². The topological polar surface area (TPSA) is 24.9 Å². The molecular weight excluding hydrogens is 232 g/mol. The lowest BCUT2D eigenvalue weighted by atomic mass is 9.95. The van der Waals surface area contributed by atoms with Crippen LogP contribution in [0.2, 0.25) is 0 Å². The maximum atomic E-state index is 4.63. The van der Waals surface area contributed by atoms with Crippen LogP contribution in [0.25, 0.3) is 10.9 Å². The van der Waals surface area contributed by atoms with Gasteiger partial charge in [-0.1, -0.05) is 30.9 Å². The van der Waals surface area contributed by atoms with Crippen LogP contribution in [-0.4, -0.2) is 11.0 Å². The molecule has 1 aliphatic rings. The van der Waals surface area contributed by atoms with E-state index in [1.165, 1.54) is 48.7 Å². The standard InChI is InChI=1S/C17H22N2/c1-12-8-9-16-15(10-12)17(11-13(2)18-16)19-14-6-4-3-5-7-14/h8-11,14H,3-7H2,1-2H3,(H,18,19). The van der Waals surface area contributed by atoms with Crippen molar-refractivity contribution in [3.63, 3.8) is 0 Å². The molecule has 2 aromatic rings. The zero-order valence-corrected chi connectivity index (χ0v) is 11.9. The van der Waals surface area contributed by atoms with Crippen LogP contribution in [0.4, 0.5) is 5.69 Å². The van der Waals surface area contributed by atoms with Gasteiger partial charge >= 0.3 is 0 Å². The third kappa shape index (κ3) is 2.73. The van der Waals surface area contributed by atoms with Gasteiger partial charge in [0.2, 0.25) is 0 Å². The van der Waals surface area contributed by atoms with Gasteiger partial charge in [0.1, 0.15) is 0 Å². The zero-order chi connectivity index (χ0) is 13.2. The van der Waals surface area contributed by atoms with Crippen molar-refractivity contribution in [1.29, 1.82) is 0 Å². The molecule has 1 saturated carbocycles. The molecule has 1 aromatic carbocycles. The number of pyridine rings is 1. The van der Waals surface area contributed by atoms with E-state index in [0.29, 0.717) is 6.04 Å². The molecule has 0 spiro atoms. The summed E-state index contributed by atoms with van der Waals surface area (Å²) in [5, 5.41) is 5.01. The highest BCUT2D eigenvalue weighted by Crippen LogP contribution is 2.28. The molecule has 1 aliphatic carbocycles. The fourth-order valence-electron chi connectivity index (χ4n) is 3.06. The number of fused-ring (bicyclic) bond motifs is 1. The fourth-order valence-corrected chi connectivity index (χ4v) is 3.06. The number of hydrogen-bond acceptors (Lipinski definition) is 2. The van der Waals surface area contributed by atoms with Gasteiger partial charge in [0.25, 0.3) is 0 Å². The minimum atomic E-state index is 0.638. The lowest BCUT2D eigenvalue weighted by molar-refractivity contribution is 0.463. The number of rotatable bonds is 2. The predicted molar refractivity (Wildman–Crippen MR) is 81.7 cm³/mol. The van der Waals surface area contributed by atoms with E-state index in [1.54, 1.807) is 0 Å². The first-order chi connectivity index (χ1) is 9.22. The molecule has 100 valence electrons. The Kier molecular flexibility index (Phi) is 3.41. The summed E-state index contributed by atoms with van der Waals surface area (Å²) < 4.78 is 0. The number of aryl methyl sites for hydroxylation is 2. The fraction of sp³-hybridized carbons (Fsp3) is 0.471. The lowest BCUT2D eigenvalue weighted by Crippen LogP contribution is -2.22. The van der Waals surface area contributed by atoms with Crippen LogP contribution < -0.4 is 5.32 Å². The first kappa shape index (κ1) is 12.5. The van der Waals surface area contributed by atoms with Gasteiger partial charge in [-0.2, -0.15) is 0 Å². The first-order valence-electron chi connectivity index (χ1n) is 7.37. The van der Waals surface area contributed by atoms with Crippen LogP contribution in [0.15, 0.2) is 24.3 Å². The Bertz CT molecular complexity index is 583. The summed E-state index contributed by atoms with van der Waals surface area (Å²) in [6, 6.07) is 9.34.